The molecule has 2 fully saturated rings. The van der Waals surface area contributed by atoms with Crippen molar-refractivity contribution in [2.75, 3.05) is 31.1 Å². The molecule has 1 saturated heterocycles. The van der Waals surface area contributed by atoms with E-state index in [1.165, 1.54) is 43.9 Å². The van der Waals surface area contributed by atoms with E-state index in [0.29, 0.717) is 30.3 Å². The lowest BCUT2D eigenvalue weighted by Gasteiger charge is -2.37. The Morgan fingerprint density at radius 1 is 1.00 bits per heavy atom. The van der Waals surface area contributed by atoms with Crippen LogP contribution in [0.25, 0.3) is 11.3 Å². The van der Waals surface area contributed by atoms with E-state index < -0.39 is 0 Å². The van der Waals surface area contributed by atoms with Gasteiger partial charge in [0.2, 0.25) is 0 Å². The molecule has 3 heterocycles. The number of nitriles is 1. The van der Waals surface area contributed by atoms with Gasteiger partial charge in [-0.2, -0.15) is 5.26 Å². The average molecular weight is 441 g/mol. The summed E-state index contributed by atoms with van der Waals surface area (Å²) in [6, 6.07) is 16.0. The Bertz CT molecular complexity index is 1150. The average Bonchev–Trinajstić information content (AvgIpc) is 3.43. The summed E-state index contributed by atoms with van der Waals surface area (Å²) in [6.45, 7) is 2.70. The third kappa shape index (κ3) is 4.23. The van der Waals surface area contributed by atoms with E-state index in [1.807, 2.05) is 17.0 Å². The number of aromatic nitrogens is 1. The van der Waals surface area contributed by atoms with Crippen LogP contribution in [0, 0.1) is 11.3 Å². The number of rotatable bonds is 4. The summed E-state index contributed by atoms with van der Waals surface area (Å²) in [6.07, 6.45) is 9.45. The molecular weight excluding hydrogens is 412 g/mol. The summed E-state index contributed by atoms with van der Waals surface area (Å²) >= 11 is 0. The number of hydrogen-bond acceptors (Lipinski definition) is 5. The second kappa shape index (κ2) is 9.50. The van der Waals surface area contributed by atoms with Gasteiger partial charge in [-0.05, 0) is 54.7 Å². The third-order valence-electron chi connectivity index (χ3n) is 6.92. The molecule has 1 amide bonds. The maximum Gasteiger partial charge on any atom is 0.289 e. The fraction of sp³-hybridized carbons (Fsp3) is 0.370. The summed E-state index contributed by atoms with van der Waals surface area (Å²) in [5.74, 6) is 0.812. The first-order valence-corrected chi connectivity index (χ1v) is 11.8. The van der Waals surface area contributed by atoms with Crippen molar-refractivity contribution in [2.24, 2.45) is 0 Å². The Hall–Kier alpha value is -3.59. The van der Waals surface area contributed by atoms with Gasteiger partial charge in [0.1, 0.15) is 6.07 Å². The van der Waals surface area contributed by atoms with Crippen LogP contribution in [0.15, 0.2) is 59.3 Å². The predicted molar refractivity (Wildman–Crippen MR) is 127 cm³/mol. The molecule has 1 aliphatic heterocycles. The van der Waals surface area contributed by atoms with Gasteiger partial charge in [0, 0.05) is 43.6 Å². The SMILES string of the molecule is N#Cc1cccnc1-c1c(C2CCCCC2)cccc1N1CCN(C(=O)c2ccco2)CC1. The highest BCUT2D eigenvalue weighted by Crippen LogP contribution is 2.43. The quantitative estimate of drug-likeness (QED) is 0.556. The van der Waals surface area contributed by atoms with Crippen molar-refractivity contribution in [3.8, 4) is 17.3 Å². The first-order chi connectivity index (χ1) is 16.3. The van der Waals surface area contributed by atoms with Crippen molar-refractivity contribution >= 4 is 11.6 Å². The van der Waals surface area contributed by atoms with Crippen molar-refractivity contribution in [2.45, 2.75) is 38.0 Å². The Kier molecular flexibility index (Phi) is 6.12. The van der Waals surface area contributed by atoms with E-state index in [0.717, 1.165) is 30.0 Å². The van der Waals surface area contributed by atoms with Crippen LogP contribution in [0.5, 0.6) is 0 Å². The number of furan rings is 1. The van der Waals surface area contributed by atoms with Gasteiger partial charge in [0.05, 0.1) is 17.5 Å². The topological polar surface area (TPSA) is 73.4 Å². The lowest BCUT2D eigenvalue weighted by molar-refractivity contribution is 0.0714. The van der Waals surface area contributed by atoms with E-state index in [1.54, 1.807) is 18.3 Å². The van der Waals surface area contributed by atoms with E-state index in [-0.39, 0.29) is 5.91 Å². The van der Waals surface area contributed by atoms with Gasteiger partial charge in [0.15, 0.2) is 5.76 Å². The van der Waals surface area contributed by atoms with Crippen LogP contribution in [0.1, 0.15) is 59.7 Å². The van der Waals surface area contributed by atoms with Gasteiger partial charge >= 0.3 is 0 Å². The molecule has 168 valence electrons. The molecule has 6 heteroatoms. The molecule has 0 bridgehead atoms. The minimum absolute atomic E-state index is 0.0627. The van der Waals surface area contributed by atoms with Gasteiger partial charge in [-0.1, -0.05) is 31.4 Å². The van der Waals surface area contributed by atoms with Gasteiger partial charge in [-0.15, -0.1) is 0 Å². The molecule has 33 heavy (non-hydrogen) atoms. The van der Waals surface area contributed by atoms with Crippen molar-refractivity contribution in [3.63, 3.8) is 0 Å². The number of nitrogens with zero attached hydrogens (tertiary/aromatic N) is 4. The second-order valence-corrected chi connectivity index (χ2v) is 8.84. The van der Waals surface area contributed by atoms with Crippen LogP contribution in [0.4, 0.5) is 5.69 Å². The lowest BCUT2D eigenvalue weighted by atomic mass is 9.80. The smallest absolute Gasteiger partial charge is 0.289 e. The van der Waals surface area contributed by atoms with Crippen LogP contribution >= 0.6 is 0 Å². The van der Waals surface area contributed by atoms with Crippen LogP contribution in [-0.4, -0.2) is 42.0 Å². The molecule has 5 rings (SSSR count). The first-order valence-electron chi connectivity index (χ1n) is 11.8. The maximum atomic E-state index is 12.7. The summed E-state index contributed by atoms with van der Waals surface area (Å²) in [5.41, 5.74) is 4.88. The number of hydrogen-bond donors (Lipinski definition) is 0. The van der Waals surface area contributed by atoms with Gasteiger partial charge in [0.25, 0.3) is 5.91 Å². The van der Waals surface area contributed by atoms with E-state index in [9.17, 15) is 10.1 Å². The Balaban J connectivity index is 1.49. The molecule has 0 N–H and O–H groups in total. The molecule has 0 unspecified atom stereocenters. The summed E-state index contributed by atoms with van der Waals surface area (Å²) in [4.78, 5) is 21.6. The standard InChI is InChI=1S/C27H28N4O2/c28-19-21-9-5-13-29-26(21)25-22(20-7-2-1-3-8-20)10-4-11-23(25)30-14-16-31(17-15-30)27(32)24-12-6-18-33-24/h4-6,9-13,18,20H,1-3,7-8,14-17H2. The summed E-state index contributed by atoms with van der Waals surface area (Å²) in [7, 11) is 0. The summed E-state index contributed by atoms with van der Waals surface area (Å²) in [5, 5.41) is 9.81. The highest BCUT2D eigenvalue weighted by Gasteiger charge is 2.28. The molecule has 0 radical (unpaired) electrons. The number of piperazine rings is 1. The molecule has 6 nitrogen and oxygen atoms in total. The Morgan fingerprint density at radius 3 is 2.55 bits per heavy atom. The molecule has 1 aliphatic carbocycles. The third-order valence-corrected chi connectivity index (χ3v) is 6.92. The molecule has 0 atom stereocenters. The minimum atomic E-state index is -0.0627. The zero-order valence-corrected chi connectivity index (χ0v) is 18.7. The Morgan fingerprint density at radius 2 is 1.82 bits per heavy atom. The number of carbonyl (C=O) groups excluding carboxylic acids is 1. The van der Waals surface area contributed by atoms with Crippen molar-refractivity contribution < 1.29 is 9.21 Å². The fourth-order valence-electron chi connectivity index (χ4n) is 5.23. The van der Waals surface area contributed by atoms with Crippen molar-refractivity contribution in [1.82, 2.24) is 9.88 Å². The molecular formula is C27H28N4O2. The zero-order valence-electron chi connectivity index (χ0n) is 18.7. The van der Waals surface area contributed by atoms with E-state index in [4.69, 9.17) is 4.42 Å². The van der Waals surface area contributed by atoms with E-state index >= 15 is 0 Å². The van der Waals surface area contributed by atoms with Gasteiger partial charge in [-0.3, -0.25) is 9.78 Å². The van der Waals surface area contributed by atoms with Gasteiger partial charge in [-0.25, -0.2) is 0 Å². The first kappa shape index (κ1) is 21.3. The monoisotopic (exact) mass is 440 g/mol. The molecule has 1 saturated carbocycles. The second-order valence-electron chi connectivity index (χ2n) is 8.84. The van der Waals surface area contributed by atoms with Crippen LogP contribution in [0.3, 0.4) is 0 Å². The van der Waals surface area contributed by atoms with Crippen molar-refractivity contribution in [3.05, 3.63) is 71.8 Å². The Labute approximate surface area is 194 Å². The largest absolute Gasteiger partial charge is 0.459 e. The number of anilines is 1. The van der Waals surface area contributed by atoms with Gasteiger partial charge < -0.3 is 14.2 Å². The van der Waals surface area contributed by atoms with Crippen LogP contribution in [0.2, 0.25) is 0 Å². The van der Waals surface area contributed by atoms with Crippen LogP contribution in [-0.2, 0) is 0 Å². The normalized spacial score (nSPS) is 17.1. The molecule has 3 aromatic rings. The number of benzene rings is 1. The van der Waals surface area contributed by atoms with Crippen LogP contribution < -0.4 is 4.90 Å². The molecule has 2 aliphatic rings. The maximum absolute atomic E-state index is 12.7. The number of amides is 1. The molecule has 2 aromatic heterocycles. The van der Waals surface area contributed by atoms with Crippen molar-refractivity contribution in [1.29, 1.82) is 5.26 Å². The van der Waals surface area contributed by atoms with E-state index in [2.05, 4.69) is 34.2 Å². The highest BCUT2D eigenvalue weighted by atomic mass is 16.3. The number of pyridine rings is 1. The minimum Gasteiger partial charge on any atom is -0.459 e. The molecule has 1 aromatic carbocycles. The molecule has 0 spiro atoms. The fourth-order valence-corrected chi connectivity index (χ4v) is 5.23. The zero-order chi connectivity index (χ0) is 22.6. The highest BCUT2D eigenvalue weighted by molar-refractivity contribution is 5.91. The number of carbonyl (C=O) groups is 1. The predicted octanol–water partition coefficient (Wildman–Crippen LogP) is 5.22. The lowest BCUT2D eigenvalue weighted by Crippen LogP contribution is -2.49. The summed E-state index contributed by atoms with van der Waals surface area (Å²) < 4.78 is 5.30.